The SMILES string of the molecule is COc1ccc(C(N)c2ccccc2OC)cc1Br. The van der Waals surface area contributed by atoms with Crippen molar-refractivity contribution in [1.29, 1.82) is 0 Å². The molecule has 0 spiro atoms. The Labute approximate surface area is 121 Å². The number of ether oxygens (including phenoxy) is 2. The fraction of sp³-hybridized carbons (Fsp3) is 0.200. The lowest BCUT2D eigenvalue weighted by atomic mass is 9.99. The van der Waals surface area contributed by atoms with Crippen LogP contribution in [0.4, 0.5) is 0 Å². The Hall–Kier alpha value is -1.52. The fourth-order valence-corrected chi connectivity index (χ4v) is 2.54. The fourth-order valence-electron chi connectivity index (χ4n) is 1.98. The molecule has 2 aromatic rings. The molecule has 19 heavy (non-hydrogen) atoms. The van der Waals surface area contributed by atoms with E-state index in [9.17, 15) is 0 Å². The summed E-state index contributed by atoms with van der Waals surface area (Å²) in [4.78, 5) is 0. The van der Waals surface area contributed by atoms with E-state index < -0.39 is 0 Å². The molecule has 100 valence electrons. The smallest absolute Gasteiger partial charge is 0.133 e. The minimum Gasteiger partial charge on any atom is -0.496 e. The van der Waals surface area contributed by atoms with Crippen molar-refractivity contribution < 1.29 is 9.47 Å². The summed E-state index contributed by atoms with van der Waals surface area (Å²) in [7, 11) is 3.29. The Morgan fingerprint density at radius 2 is 1.68 bits per heavy atom. The van der Waals surface area contributed by atoms with Crippen molar-refractivity contribution in [2.75, 3.05) is 14.2 Å². The number of hydrogen-bond donors (Lipinski definition) is 1. The monoisotopic (exact) mass is 321 g/mol. The first-order valence-electron chi connectivity index (χ1n) is 5.89. The summed E-state index contributed by atoms with van der Waals surface area (Å²) >= 11 is 3.47. The van der Waals surface area contributed by atoms with Crippen LogP contribution >= 0.6 is 15.9 Å². The number of para-hydroxylation sites is 1. The molecule has 0 fully saturated rings. The Kier molecular flexibility index (Phi) is 4.45. The van der Waals surface area contributed by atoms with Gasteiger partial charge in [0, 0.05) is 5.56 Å². The minimum absolute atomic E-state index is 0.238. The van der Waals surface area contributed by atoms with Crippen molar-refractivity contribution in [1.82, 2.24) is 0 Å². The molecule has 0 aliphatic carbocycles. The molecule has 1 atom stereocenters. The van der Waals surface area contributed by atoms with E-state index in [-0.39, 0.29) is 6.04 Å². The first-order chi connectivity index (χ1) is 9.17. The second-order valence-electron chi connectivity index (χ2n) is 4.11. The molecule has 2 aromatic carbocycles. The highest BCUT2D eigenvalue weighted by Gasteiger charge is 2.14. The Morgan fingerprint density at radius 1 is 1.00 bits per heavy atom. The first-order valence-corrected chi connectivity index (χ1v) is 6.68. The van der Waals surface area contributed by atoms with Crippen LogP contribution in [0.1, 0.15) is 17.2 Å². The summed E-state index contributed by atoms with van der Waals surface area (Å²) in [6.45, 7) is 0. The summed E-state index contributed by atoms with van der Waals surface area (Å²) in [6.07, 6.45) is 0. The number of benzene rings is 2. The van der Waals surface area contributed by atoms with Crippen LogP contribution in [0.2, 0.25) is 0 Å². The second kappa shape index (κ2) is 6.08. The van der Waals surface area contributed by atoms with Crippen LogP contribution in [-0.4, -0.2) is 14.2 Å². The van der Waals surface area contributed by atoms with Crippen molar-refractivity contribution in [2.45, 2.75) is 6.04 Å². The molecule has 1 unspecified atom stereocenters. The van der Waals surface area contributed by atoms with Gasteiger partial charge in [0.2, 0.25) is 0 Å². The summed E-state index contributed by atoms with van der Waals surface area (Å²) in [5.74, 6) is 1.58. The average Bonchev–Trinajstić information content (AvgIpc) is 2.46. The molecule has 3 nitrogen and oxygen atoms in total. The van der Waals surface area contributed by atoms with Crippen LogP contribution in [0.15, 0.2) is 46.9 Å². The standard InChI is InChI=1S/C15H16BrNO2/c1-18-13-6-4-3-5-11(13)15(17)10-7-8-14(19-2)12(16)9-10/h3-9,15H,17H2,1-2H3. The maximum absolute atomic E-state index is 6.31. The Bertz CT molecular complexity index is 572. The number of halogens is 1. The molecule has 0 saturated carbocycles. The topological polar surface area (TPSA) is 44.5 Å². The van der Waals surface area contributed by atoms with E-state index in [4.69, 9.17) is 15.2 Å². The van der Waals surface area contributed by atoms with Gasteiger partial charge in [-0.3, -0.25) is 0 Å². The van der Waals surface area contributed by atoms with Gasteiger partial charge in [-0.25, -0.2) is 0 Å². The van der Waals surface area contributed by atoms with E-state index in [1.54, 1.807) is 14.2 Å². The number of hydrogen-bond acceptors (Lipinski definition) is 3. The molecule has 0 aliphatic heterocycles. The van der Waals surface area contributed by atoms with Gasteiger partial charge in [0.15, 0.2) is 0 Å². The molecule has 0 amide bonds. The van der Waals surface area contributed by atoms with E-state index in [2.05, 4.69) is 15.9 Å². The molecule has 0 radical (unpaired) electrons. The highest BCUT2D eigenvalue weighted by atomic mass is 79.9. The van der Waals surface area contributed by atoms with Crippen LogP contribution in [0.3, 0.4) is 0 Å². The molecule has 0 aliphatic rings. The molecule has 2 N–H and O–H groups in total. The van der Waals surface area contributed by atoms with Crippen molar-refractivity contribution >= 4 is 15.9 Å². The molecule has 4 heteroatoms. The van der Waals surface area contributed by atoms with Gasteiger partial charge in [-0.05, 0) is 39.7 Å². The van der Waals surface area contributed by atoms with Gasteiger partial charge in [-0.15, -0.1) is 0 Å². The maximum atomic E-state index is 6.31. The van der Waals surface area contributed by atoms with Crippen molar-refractivity contribution in [3.63, 3.8) is 0 Å². The minimum atomic E-state index is -0.238. The zero-order valence-corrected chi connectivity index (χ0v) is 12.5. The van der Waals surface area contributed by atoms with Gasteiger partial charge in [0.05, 0.1) is 24.7 Å². The maximum Gasteiger partial charge on any atom is 0.133 e. The predicted molar refractivity (Wildman–Crippen MR) is 79.7 cm³/mol. The summed E-state index contributed by atoms with van der Waals surface area (Å²) in [5, 5.41) is 0. The van der Waals surface area contributed by atoms with E-state index in [0.717, 1.165) is 27.1 Å². The third-order valence-electron chi connectivity index (χ3n) is 3.01. The van der Waals surface area contributed by atoms with Crippen molar-refractivity contribution in [3.8, 4) is 11.5 Å². The van der Waals surface area contributed by atoms with E-state index in [0.29, 0.717) is 0 Å². The van der Waals surface area contributed by atoms with Crippen LogP contribution in [0.25, 0.3) is 0 Å². The predicted octanol–water partition coefficient (Wildman–Crippen LogP) is 3.51. The summed E-state index contributed by atoms with van der Waals surface area (Å²) < 4.78 is 11.5. The number of nitrogens with two attached hydrogens (primary N) is 1. The lowest BCUT2D eigenvalue weighted by Crippen LogP contribution is -2.13. The van der Waals surface area contributed by atoms with Gasteiger partial charge >= 0.3 is 0 Å². The van der Waals surface area contributed by atoms with Gasteiger partial charge in [0.25, 0.3) is 0 Å². The van der Waals surface area contributed by atoms with Gasteiger partial charge in [-0.1, -0.05) is 24.3 Å². The molecular formula is C15H16BrNO2. The van der Waals surface area contributed by atoms with Crippen LogP contribution in [0.5, 0.6) is 11.5 Å². The van der Waals surface area contributed by atoms with Crippen molar-refractivity contribution in [3.05, 3.63) is 58.1 Å². The highest BCUT2D eigenvalue weighted by molar-refractivity contribution is 9.10. The van der Waals surface area contributed by atoms with E-state index in [1.165, 1.54) is 0 Å². The van der Waals surface area contributed by atoms with Gasteiger partial charge in [-0.2, -0.15) is 0 Å². The Balaban J connectivity index is 2.38. The summed E-state index contributed by atoms with van der Waals surface area (Å²) in [5.41, 5.74) is 8.27. The second-order valence-corrected chi connectivity index (χ2v) is 4.97. The van der Waals surface area contributed by atoms with E-state index >= 15 is 0 Å². The largest absolute Gasteiger partial charge is 0.496 e. The molecule has 0 aromatic heterocycles. The zero-order chi connectivity index (χ0) is 13.8. The molecule has 0 heterocycles. The highest BCUT2D eigenvalue weighted by Crippen LogP contribution is 2.32. The molecule has 2 rings (SSSR count). The van der Waals surface area contributed by atoms with Gasteiger partial charge in [0.1, 0.15) is 11.5 Å². The van der Waals surface area contributed by atoms with E-state index in [1.807, 2.05) is 42.5 Å². The van der Waals surface area contributed by atoms with Crippen LogP contribution in [0, 0.1) is 0 Å². The third-order valence-corrected chi connectivity index (χ3v) is 3.63. The van der Waals surface area contributed by atoms with Gasteiger partial charge < -0.3 is 15.2 Å². The number of methoxy groups -OCH3 is 2. The lowest BCUT2D eigenvalue weighted by Gasteiger charge is -2.17. The Morgan fingerprint density at radius 3 is 2.32 bits per heavy atom. The zero-order valence-electron chi connectivity index (χ0n) is 10.9. The summed E-state index contributed by atoms with van der Waals surface area (Å²) in [6, 6.07) is 13.4. The number of rotatable bonds is 4. The quantitative estimate of drug-likeness (QED) is 0.937. The first kappa shape index (κ1) is 13.9. The van der Waals surface area contributed by atoms with Crippen molar-refractivity contribution in [2.24, 2.45) is 5.73 Å². The third kappa shape index (κ3) is 2.91. The van der Waals surface area contributed by atoms with Crippen LogP contribution in [-0.2, 0) is 0 Å². The molecule has 0 saturated heterocycles. The average molecular weight is 322 g/mol. The lowest BCUT2D eigenvalue weighted by molar-refractivity contribution is 0.407. The normalized spacial score (nSPS) is 12.0. The van der Waals surface area contributed by atoms with Crippen LogP contribution < -0.4 is 15.2 Å². The molecule has 0 bridgehead atoms. The molecular weight excluding hydrogens is 306 g/mol.